The van der Waals surface area contributed by atoms with E-state index in [9.17, 15) is 14.4 Å². The Labute approximate surface area is 189 Å². The number of hydrogen-bond acceptors (Lipinski definition) is 8. The molecule has 0 saturated heterocycles. The molecule has 0 N–H and O–H groups in total. The molecule has 9 heteroatoms. The van der Waals surface area contributed by atoms with Gasteiger partial charge in [0.25, 0.3) is 0 Å². The number of thiocarbonyl (C=S) groups is 1. The van der Waals surface area contributed by atoms with Gasteiger partial charge in [0.15, 0.2) is 0 Å². The summed E-state index contributed by atoms with van der Waals surface area (Å²) < 4.78 is 10.4. The van der Waals surface area contributed by atoms with Gasteiger partial charge < -0.3 is 14.4 Å². The van der Waals surface area contributed by atoms with Gasteiger partial charge in [-0.05, 0) is 19.9 Å². The Morgan fingerprint density at radius 3 is 2.07 bits per heavy atom. The summed E-state index contributed by atoms with van der Waals surface area (Å²) in [6.07, 6.45) is 0.344. The number of nitrogens with zero attached hydrogens (tertiary/aromatic N) is 1. The van der Waals surface area contributed by atoms with Crippen molar-refractivity contribution in [2.24, 2.45) is 0 Å². The molecule has 2 heterocycles. The van der Waals surface area contributed by atoms with Crippen molar-refractivity contribution in [1.29, 1.82) is 0 Å². The predicted molar refractivity (Wildman–Crippen MR) is 124 cm³/mol. The van der Waals surface area contributed by atoms with Crippen LogP contribution in [0.5, 0.6) is 0 Å². The number of anilines is 1. The summed E-state index contributed by atoms with van der Waals surface area (Å²) in [6, 6.07) is 7.51. The minimum absolute atomic E-state index is 0.0331. The van der Waals surface area contributed by atoms with Crippen LogP contribution in [0.15, 0.2) is 38.3 Å². The second kappa shape index (κ2) is 8.56. The number of hydrogen-bond donors (Lipinski definition) is 0. The van der Waals surface area contributed by atoms with Crippen molar-refractivity contribution in [3.05, 3.63) is 43.9 Å². The van der Waals surface area contributed by atoms with Crippen LogP contribution in [0.2, 0.25) is 0 Å². The molecule has 1 aromatic carbocycles. The Balaban J connectivity index is 2.22. The predicted octanol–water partition coefficient (Wildman–Crippen LogP) is 4.30. The molecule has 158 valence electrons. The molecule has 0 unspecified atom stereocenters. The first-order valence-corrected chi connectivity index (χ1v) is 11.2. The molecular weight excluding hydrogens is 442 g/mol. The first kappa shape index (κ1) is 22.6. The lowest BCUT2D eigenvalue weighted by Crippen LogP contribution is -2.55. The Bertz CT molecular complexity index is 995. The number of para-hydroxylation sites is 1. The van der Waals surface area contributed by atoms with Crippen LogP contribution in [0.25, 0.3) is 5.57 Å². The first-order valence-electron chi connectivity index (χ1n) is 9.17. The van der Waals surface area contributed by atoms with E-state index in [1.165, 1.54) is 14.2 Å². The van der Waals surface area contributed by atoms with Gasteiger partial charge in [-0.2, -0.15) is 0 Å². The van der Waals surface area contributed by atoms with E-state index >= 15 is 0 Å². The topological polar surface area (TPSA) is 72.9 Å². The van der Waals surface area contributed by atoms with Gasteiger partial charge in [-0.3, -0.25) is 4.79 Å². The summed E-state index contributed by atoms with van der Waals surface area (Å²) >= 11 is 8.14. The quantitative estimate of drug-likeness (QED) is 0.373. The maximum atomic E-state index is 12.8. The van der Waals surface area contributed by atoms with Gasteiger partial charge in [0, 0.05) is 17.6 Å². The van der Waals surface area contributed by atoms with Gasteiger partial charge in [-0.25, -0.2) is 9.59 Å². The van der Waals surface area contributed by atoms with Crippen LogP contribution in [0, 0.1) is 0 Å². The van der Waals surface area contributed by atoms with Crippen molar-refractivity contribution in [3.63, 3.8) is 0 Å². The van der Waals surface area contributed by atoms with Crippen molar-refractivity contribution in [2.75, 3.05) is 19.1 Å². The number of amides is 1. The van der Waals surface area contributed by atoms with Crippen LogP contribution < -0.4 is 4.90 Å². The van der Waals surface area contributed by atoms with Crippen molar-refractivity contribution in [3.8, 4) is 0 Å². The molecular formula is C21H21NO5S3. The maximum Gasteiger partial charge on any atom is 0.346 e. The number of benzene rings is 1. The largest absolute Gasteiger partial charge is 0.465 e. The summed E-state index contributed by atoms with van der Waals surface area (Å²) in [5.41, 5.74) is 1.51. The van der Waals surface area contributed by atoms with Gasteiger partial charge in [0.2, 0.25) is 5.91 Å². The molecule has 0 aliphatic carbocycles. The molecule has 6 nitrogen and oxygen atoms in total. The average Bonchev–Trinajstić information content (AvgIpc) is 3.18. The summed E-state index contributed by atoms with van der Waals surface area (Å²) in [7, 11) is 2.52. The standard InChI is InChI=1S/C21H21NO5S3/c1-6-13(23)22-12-10-8-7-9-11(12)14(17(28)21(22,2)3)20-29-15(18(24)26-4)16(30-20)19(25)27-5/h7-10H,6H2,1-5H3. The molecule has 0 fully saturated rings. The van der Waals surface area contributed by atoms with E-state index in [0.29, 0.717) is 15.5 Å². The molecule has 2 aliphatic heterocycles. The van der Waals surface area contributed by atoms with Gasteiger partial charge in [-0.15, -0.1) is 0 Å². The van der Waals surface area contributed by atoms with Crippen LogP contribution in [-0.2, 0) is 23.9 Å². The Kier molecular flexibility index (Phi) is 6.45. The number of rotatable bonds is 3. The fourth-order valence-corrected chi connectivity index (χ4v) is 6.41. The second-order valence-electron chi connectivity index (χ2n) is 7.00. The highest BCUT2D eigenvalue weighted by molar-refractivity contribution is 8.29. The van der Waals surface area contributed by atoms with Crippen molar-refractivity contribution in [1.82, 2.24) is 0 Å². The van der Waals surface area contributed by atoms with E-state index in [0.717, 1.165) is 40.3 Å². The minimum Gasteiger partial charge on any atom is -0.465 e. The third-order valence-electron chi connectivity index (χ3n) is 4.85. The maximum absolute atomic E-state index is 12.8. The summed E-state index contributed by atoms with van der Waals surface area (Å²) in [6.45, 7) is 5.62. The molecule has 0 atom stereocenters. The zero-order valence-electron chi connectivity index (χ0n) is 17.2. The van der Waals surface area contributed by atoms with Crippen molar-refractivity contribution in [2.45, 2.75) is 32.7 Å². The number of esters is 2. The zero-order valence-corrected chi connectivity index (χ0v) is 19.7. The van der Waals surface area contributed by atoms with Crippen molar-refractivity contribution >= 4 is 69.7 Å². The van der Waals surface area contributed by atoms with Crippen LogP contribution in [0.1, 0.15) is 32.8 Å². The highest BCUT2D eigenvalue weighted by Gasteiger charge is 2.45. The summed E-state index contributed by atoms with van der Waals surface area (Å²) in [4.78, 5) is 40.0. The van der Waals surface area contributed by atoms with Crippen LogP contribution >= 0.6 is 35.7 Å². The van der Waals surface area contributed by atoms with E-state index in [4.69, 9.17) is 21.7 Å². The highest BCUT2D eigenvalue weighted by atomic mass is 32.2. The second-order valence-corrected chi connectivity index (χ2v) is 9.70. The number of fused-ring (bicyclic) bond motifs is 1. The van der Waals surface area contributed by atoms with Gasteiger partial charge in [-0.1, -0.05) is 60.9 Å². The molecule has 0 radical (unpaired) electrons. The SMILES string of the molecule is CCC(=O)N1c2ccccc2C(=C2SC(C(=O)OC)=C(C(=O)OC)S2)C(=S)C1(C)C. The van der Waals surface area contributed by atoms with Crippen LogP contribution in [0.4, 0.5) is 5.69 Å². The highest BCUT2D eigenvalue weighted by Crippen LogP contribution is 2.56. The minimum atomic E-state index is -0.764. The smallest absolute Gasteiger partial charge is 0.346 e. The molecule has 2 aliphatic rings. The number of ether oxygens (including phenoxy) is 2. The molecule has 0 saturated carbocycles. The lowest BCUT2D eigenvalue weighted by atomic mass is 9.83. The third kappa shape index (κ3) is 3.59. The molecule has 3 rings (SSSR count). The van der Waals surface area contributed by atoms with E-state index in [2.05, 4.69) is 0 Å². The normalized spacial score (nSPS) is 17.8. The van der Waals surface area contributed by atoms with Crippen LogP contribution in [0.3, 0.4) is 0 Å². The zero-order chi connectivity index (χ0) is 22.2. The summed E-state index contributed by atoms with van der Waals surface area (Å²) in [5, 5.41) is 0. The molecule has 0 bridgehead atoms. The fraction of sp³-hybridized carbons (Fsp3) is 0.333. The average molecular weight is 464 g/mol. The van der Waals surface area contributed by atoms with Crippen LogP contribution in [-0.4, -0.2) is 42.5 Å². The Morgan fingerprint density at radius 1 is 1.03 bits per heavy atom. The number of carbonyl (C=O) groups is 3. The molecule has 0 spiro atoms. The molecule has 30 heavy (non-hydrogen) atoms. The number of methoxy groups -OCH3 is 2. The Morgan fingerprint density at radius 2 is 1.57 bits per heavy atom. The Hall–Kier alpha value is -2.10. The monoisotopic (exact) mass is 463 g/mol. The third-order valence-corrected chi connectivity index (χ3v) is 8.11. The first-order chi connectivity index (χ1) is 14.2. The number of thioether (sulfide) groups is 2. The molecule has 1 aromatic rings. The van der Waals surface area contributed by atoms with E-state index in [-0.39, 0.29) is 15.7 Å². The summed E-state index contributed by atoms with van der Waals surface area (Å²) in [5.74, 6) is -1.25. The van der Waals surface area contributed by atoms with E-state index < -0.39 is 17.5 Å². The van der Waals surface area contributed by atoms with Gasteiger partial charge >= 0.3 is 11.9 Å². The van der Waals surface area contributed by atoms with E-state index in [1.54, 1.807) is 4.90 Å². The molecule has 1 amide bonds. The molecule has 0 aromatic heterocycles. The van der Waals surface area contributed by atoms with Gasteiger partial charge in [0.1, 0.15) is 9.81 Å². The number of carbonyl (C=O) groups excluding carboxylic acids is 3. The lowest BCUT2D eigenvalue weighted by Gasteiger charge is -2.45. The fourth-order valence-electron chi connectivity index (χ4n) is 3.37. The lowest BCUT2D eigenvalue weighted by molar-refractivity contribution is -0.138. The van der Waals surface area contributed by atoms with Crippen molar-refractivity contribution < 1.29 is 23.9 Å². The van der Waals surface area contributed by atoms with Gasteiger partial charge in [0.05, 0.1) is 34.5 Å². The van der Waals surface area contributed by atoms with E-state index in [1.807, 2.05) is 45.0 Å².